The van der Waals surface area contributed by atoms with Crippen molar-refractivity contribution >= 4 is 34.8 Å². The molecule has 0 bridgehead atoms. The van der Waals surface area contributed by atoms with Crippen molar-refractivity contribution in [2.45, 2.75) is 19.4 Å². The largest absolute Gasteiger partial charge is 0.371 e. The van der Waals surface area contributed by atoms with E-state index in [-0.39, 0.29) is 18.4 Å². The highest BCUT2D eigenvalue weighted by atomic mass is 32.1. The van der Waals surface area contributed by atoms with Gasteiger partial charge in [-0.2, -0.15) is 0 Å². The zero-order valence-corrected chi connectivity index (χ0v) is 14.3. The quantitative estimate of drug-likeness (QED) is 0.531. The van der Waals surface area contributed by atoms with Crippen LogP contribution in [0.1, 0.15) is 18.4 Å². The van der Waals surface area contributed by atoms with Gasteiger partial charge in [-0.15, -0.1) is 0 Å². The van der Waals surface area contributed by atoms with Gasteiger partial charge >= 0.3 is 0 Å². The summed E-state index contributed by atoms with van der Waals surface area (Å²) in [6.45, 7) is 2.17. The summed E-state index contributed by atoms with van der Waals surface area (Å²) < 4.78 is 0. The second-order valence-electron chi connectivity index (χ2n) is 5.86. The van der Waals surface area contributed by atoms with Gasteiger partial charge in [0.2, 0.25) is 11.8 Å². The van der Waals surface area contributed by atoms with Crippen LogP contribution in [-0.2, 0) is 16.1 Å². The lowest BCUT2D eigenvalue weighted by Gasteiger charge is -2.33. The average Bonchev–Trinajstić information content (AvgIpc) is 2.58. The van der Waals surface area contributed by atoms with Gasteiger partial charge in [0, 0.05) is 25.3 Å². The number of carbonyl (C=O) groups is 2. The van der Waals surface area contributed by atoms with E-state index >= 15 is 0 Å². The van der Waals surface area contributed by atoms with Crippen LogP contribution < -0.4 is 27.0 Å². The number of hydrogen-bond acceptors (Lipinski definition) is 4. The lowest BCUT2D eigenvalue weighted by atomic mass is 9.97. The van der Waals surface area contributed by atoms with Gasteiger partial charge < -0.3 is 27.0 Å². The first-order valence-electron chi connectivity index (χ1n) is 7.89. The van der Waals surface area contributed by atoms with Crippen LogP contribution >= 0.6 is 12.2 Å². The maximum absolute atomic E-state index is 11.4. The molecule has 1 saturated heterocycles. The molecule has 1 aliphatic heterocycles. The van der Waals surface area contributed by atoms with E-state index in [1.165, 1.54) is 0 Å². The number of nitrogens with zero attached hydrogens (tertiary/aromatic N) is 1. The van der Waals surface area contributed by atoms with Crippen molar-refractivity contribution < 1.29 is 9.59 Å². The molecule has 24 heavy (non-hydrogen) atoms. The number of nitrogens with one attached hydrogen (secondary N) is 2. The first-order valence-corrected chi connectivity index (χ1v) is 8.29. The molecule has 1 heterocycles. The predicted molar refractivity (Wildman–Crippen MR) is 97.2 cm³/mol. The fourth-order valence-electron chi connectivity index (χ4n) is 2.68. The van der Waals surface area contributed by atoms with E-state index in [9.17, 15) is 9.59 Å². The van der Waals surface area contributed by atoms with Crippen molar-refractivity contribution in [3.8, 4) is 0 Å². The van der Waals surface area contributed by atoms with Gasteiger partial charge in [-0.1, -0.05) is 12.1 Å². The fourth-order valence-corrected chi connectivity index (χ4v) is 2.83. The summed E-state index contributed by atoms with van der Waals surface area (Å²) in [5.74, 6) is -0.759. The Morgan fingerprint density at radius 1 is 1.21 bits per heavy atom. The molecule has 130 valence electrons. The zero-order chi connectivity index (χ0) is 17.5. The van der Waals surface area contributed by atoms with Crippen molar-refractivity contribution in [2.75, 3.05) is 24.5 Å². The highest BCUT2D eigenvalue weighted by Gasteiger charge is 2.23. The molecule has 1 aromatic rings. The SMILES string of the molecule is NC(=O)CNC(=S)NCc1ccc(N2CCCC(C(N)=O)C2)cc1. The summed E-state index contributed by atoms with van der Waals surface area (Å²) in [7, 11) is 0. The number of carbonyl (C=O) groups excluding carboxylic acids is 2. The van der Waals surface area contributed by atoms with Crippen LogP contribution in [0.3, 0.4) is 0 Å². The maximum Gasteiger partial charge on any atom is 0.236 e. The van der Waals surface area contributed by atoms with Gasteiger partial charge in [0.1, 0.15) is 0 Å². The Balaban J connectivity index is 1.85. The molecule has 8 heteroatoms. The Kier molecular flexibility index (Phi) is 6.36. The first kappa shape index (κ1) is 18.0. The van der Waals surface area contributed by atoms with Gasteiger partial charge in [0.25, 0.3) is 0 Å². The summed E-state index contributed by atoms with van der Waals surface area (Å²) in [5, 5.41) is 6.12. The molecule has 1 fully saturated rings. The number of anilines is 1. The number of hydrogen-bond donors (Lipinski definition) is 4. The zero-order valence-electron chi connectivity index (χ0n) is 13.5. The summed E-state index contributed by atoms with van der Waals surface area (Å²) in [6, 6.07) is 8.07. The molecule has 0 saturated carbocycles. The van der Waals surface area contributed by atoms with Crippen LogP contribution in [0.2, 0.25) is 0 Å². The Morgan fingerprint density at radius 2 is 1.92 bits per heavy atom. The normalized spacial score (nSPS) is 17.2. The third kappa shape index (κ3) is 5.38. The van der Waals surface area contributed by atoms with Crippen LogP contribution in [-0.4, -0.2) is 36.6 Å². The maximum atomic E-state index is 11.4. The van der Waals surface area contributed by atoms with Crippen LogP contribution in [0.15, 0.2) is 24.3 Å². The van der Waals surface area contributed by atoms with Crippen molar-refractivity contribution in [3.05, 3.63) is 29.8 Å². The molecule has 1 aromatic carbocycles. The molecule has 6 N–H and O–H groups in total. The third-order valence-corrected chi connectivity index (χ3v) is 4.29. The van der Waals surface area contributed by atoms with Gasteiger partial charge in [-0.3, -0.25) is 9.59 Å². The summed E-state index contributed by atoms with van der Waals surface area (Å²) >= 11 is 5.06. The highest BCUT2D eigenvalue weighted by Crippen LogP contribution is 2.23. The average molecular weight is 349 g/mol. The second-order valence-corrected chi connectivity index (χ2v) is 6.26. The number of amides is 2. The molecule has 0 aliphatic carbocycles. The van der Waals surface area contributed by atoms with E-state index in [1.807, 2.05) is 24.3 Å². The summed E-state index contributed by atoms with van der Waals surface area (Å²) in [4.78, 5) is 24.2. The highest BCUT2D eigenvalue weighted by molar-refractivity contribution is 7.80. The van der Waals surface area contributed by atoms with Crippen molar-refractivity contribution in [1.29, 1.82) is 0 Å². The molecule has 0 spiro atoms. The molecule has 0 aromatic heterocycles. The number of rotatable bonds is 6. The second kappa shape index (κ2) is 8.49. The van der Waals surface area contributed by atoms with E-state index in [4.69, 9.17) is 23.7 Å². The van der Waals surface area contributed by atoms with Crippen molar-refractivity contribution in [3.63, 3.8) is 0 Å². The molecular weight excluding hydrogens is 326 g/mol. The number of benzene rings is 1. The van der Waals surface area contributed by atoms with E-state index in [0.29, 0.717) is 18.2 Å². The summed E-state index contributed by atoms with van der Waals surface area (Å²) in [6.07, 6.45) is 1.83. The number of thiocarbonyl (C=S) groups is 1. The van der Waals surface area contributed by atoms with Crippen molar-refractivity contribution in [2.24, 2.45) is 17.4 Å². The Labute approximate surface area is 146 Å². The van der Waals surface area contributed by atoms with E-state index < -0.39 is 5.91 Å². The fraction of sp³-hybridized carbons (Fsp3) is 0.438. The molecule has 2 rings (SSSR count). The number of nitrogens with two attached hydrogens (primary N) is 2. The summed E-state index contributed by atoms with van der Waals surface area (Å²) in [5.41, 5.74) is 12.6. The van der Waals surface area contributed by atoms with E-state index in [1.54, 1.807) is 0 Å². The monoisotopic (exact) mass is 349 g/mol. The van der Waals surface area contributed by atoms with Crippen LogP contribution in [0.25, 0.3) is 0 Å². The molecule has 1 atom stereocenters. The minimum Gasteiger partial charge on any atom is -0.371 e. The molecule has 1 aliphatic rings. The number of primary amides is 2. The lowest BCUT2D eigenvalue weighted by molar-refractivity contribution is -0.122. The number of piperidine rings is 1. The lowest BCUT2D eigenvalue weighted by Crippen LogP contribution is -2.41. The topological polar surface area (TPSA) is 113 Å². The smallest absolute Gasteiger partial charge is 0.236 e. The van der Waals surface area contributed by atoms with Crippen molar-refractivity contribution in [1.82, 2.24) is 10.6 Å². The minimum absolute atomic E-state index is 0.0146. The van der Waals surface area contributed by atoms with Gasteiger partial charge in [0.05, 0.1) is 12.5 Å². The molecule has 2 amide bonds. The van der Waals surface area contributed by atoms with Crippen LogP contribution in [0, 0.1) is 5.92 Å². The molecular formula is C16H23N5O2S. The standard InChI is InChI=1S/C16H23N5O2S/c17-14(22)9-20-16(24)19-8-11-3-5-13(6-4-11)21-7-1-2-12(10-21)15(18)23/h3-6,12H,1-2,7-10H2,(H2,17,22)(H2,18,23)(H2,19,20,24). The minimum atomic E-state index is -0.459. The molecule has 1 unspecified atom stereocenters. The first-order chi connectivity index (χ1) is 11.5. The molecule has 0 radical (unpaired) electrons. The third-order valence-electron chi connectivity index (χ3n) is 4.00. The van der Waals surface area contributed by atoms with E-state index in [0.717, 1.165) is 30.6 Å². The molecule has 7 nitrogen and oxygen atoms in total. The predicted octanol–water partition coefficient (Wildman–Crippen LogP) is -0.162. The van der Waals surface area contributed by atoms with Crippen LogP contribution in [0.4, 0.5) is 5.69 Å². The van der Waals surface area contributed by atoms with Gasteiger partial charge in [0.15, 0.2) is 5.11 Å². The Bertz CT molecular complexity index is 605. The van der Waals surface area contributed by atoms with Gasteiger partial charge in [-0.25, -0.2) is 0 Å². The Hall–Kier alpha value is -2.35. The van der Waals surface area contributed by atoms with Gasteiger partial charge in [-0.05, 0) is 42.8 Å². The Morgan fingerprint density at radius 3 is 2.54 bits per heavy atom. The van der Waals surface area contributed by atoms with Crippen LogP contribution in [0.5, 0.6) is 0 Å². The van der Waals surface area contributed by atoms with E-state index in [2.05, 4.69) is 15.5 Å².